The Morgan fingerprint density at radius 2 is 2.00 bits per heavy atom. The second-order valence-electron chi connectivity index (χ2n) is 4.96. The number of aromatic amines is 2. The van der Waals surface area contributed by atoms with Gasteiger partial charge in [0.25, 0.3) is 0 Å². The van der Waals surface area contributed by atoms with E-state index in [9.17, 15) is 4.79 Å². The normalized spacial score (nSPS) is 16.1. The van der Waals surface area contributed by atoms with Crippen molar-refractivity contribution in [2.24, 2.45) is 0 Å². The Kier molecular flexibility index (Phi) is 1.89. The molecule has 1 aromatic carbocycles. The number of Topliss-reactive ketones (excluding diaryl/α,β-unsaturated/α-hetero) is 1. The lowest BCUT2D eigenvalue weighted by Gasteiger charge is -1.97. The molecule has 0 bridgehead atoms. The van der Waals surface area contributed by atoms with Crippen LogP contribution in [0.15, 0.2) is 18.3 Å². The number of nitrogens with zero attached hydrogens (tertiary/aromatic N) is 1. The molecule has 18 heavy (non-hydrogen) atoms. The molecule has 0 radical (unpaired) electrons. The van der Waals surface area contributed by atoms with Gasteiger partial charge in [0, 0.05) is 22.7 Å². The number of fused-ring (bicyclic) bond motifs is 4. The van der Waals surface area contributed by atoms with Crippen molar-refractivity contribution >= 4 is 27.6 Å². The number of carbonyl (C=O) groups excluding carboxylic acids is 1. The predicted molar refractivity (Wildman–Crippen MR) is 69.8 cm³/mol. The number of aryl methyl sites for hydroxylation is 1. The van der Waals surface area contributed by atoms with Gasteiger partial charge in [0.15, 0.2) is 5.78 Å². The summed E-state index contributed by atoms with van der Waals surface area (Å²) in [5.74, 6) is 0.250. The minimum absolute atomic E-state index is 0.250. The Morgan fingerprint density at radius 1 is 1.11 bits per heavy atom. The van der Waals surface area contributed by atoms with Crippen molar-refractivity contribution in [3.05, 3.63) is 29.6 Å². The van der Waals surface area contributed by atoms with Gasteiger partial charge in [-0.25, -0.2) is 0 Å². The molecule has 2 N–H and O–H groups in total. The van der Waals surface area contributed by atoms with E-state index in [4.69, 9.17) is 0 Å². The first kappa shape index (κ1) is 9.88. The van der Waals surface area contributed by atoms with Crippen LogP contribution in [0.25, 0.3) is 21.8 Å². The van der Waals surface area contributed by atoms with E-state index in [0.717, 1.165) is 46.8 Å². The molecule has 2 aromatic heterocycles. The lowest BCUT2D eigenvalue weighted by Crippen LogP contribution is -1.98. The van der Waals surface area contributed by atoms with E-state index in [-0.39, 0.29) is 5.78 Å². The van der Waals surface area contributed by atoms with Gasteiger partial charge in [0.2, 0.25) is 0 Å². The number of benzene rings is 1. The molecular formula is C14H13N3O. The van der Waals surface area contributed by atoms with Crippen LogP contribution in [0, 0.1) is 0 Å². The number of hydrogen-bond acceptors (Lipinski definition) is 2. The van der Waals surface area contributed by atoms with Crippen LogP contribution < -0.4 is 0 Å². The number of aromatic nitrogens is 3. The molecule has 0 atom stereocenters. The molecule has 0 saturated carbocycles. The van der Waals surface area contributed by atoms with Gasteiger partial charge >= 0.3 is 0 Å². The van der Waals surface area contributed by atoms with Gasteiger partial charge in [-0.1, -0.05) is 0 Å². The second-order valence-corrected chi connectivity index (χ2v) is 4.96. The zero-order valence-corrected chi connectivity index (χ0v) is 9.92. The third-order valence-electron chi connectivity index (χ3n) is 3.82. The van der Waals surface area contributed by atoms with Gasteiger partial charge in [-0.15, -0.1) is 0 Å². The third kappa shape index (κ3) is 1.26. The molecule has 4 rings (SSSR count). The number of nitrogens with one attached hydrogen (secondary N) is 2. The van der Waals surface area contributed by atoms with Crippen LogP contribution in [0.1, 0.15) is 35.3 Å². The molecule has 2 heterocycles. The van der Waals surface area contributed by atoms with Crippen LogP contribution in [0.5, 0.6) is 0 Å². The van der Waals surface area contributed by atoms with E-state index in [0.29, 0.717) is 6.42 Å². The number of H-pyrrole nitrogens is 2. The summed E-state index contributed by atoms with van der Waals surface area (Å²) in [6.07, 6.45) is 5.55. The second kappa shape index (κ2) is 3.45. The molecule has 0 saturated heterocycles. The number of carbonyl (C=O) groups is 1. The minimum atomic E-state index is 0.250. The molecular weight excluding hydrogens is 226 g/mol. The van der Waals surface area contributed by atoms with E-state index in [1.807, 2.05) is 6.20 Å². The van der Waals surface area contributed by atoms with E-state index in [1.165, 1.54) is 5.56 Å². The van der Waals surface area contributed by atoms with Crippen LogP contribution in [0.4, 0.5) is 0 Å². The fraction of sp³-hybridized carbons (Fsp3) is 0.286. The zero-order chi connectivity index (χ0) is 12.1. The van der Waals surface area contributed by atoms with Crippen molar-refractivity contribution < 1.29 is 4.79 Å². The van der Waals surface area contributed by atoms with Crippen LogP contribution in [0.3, 0.4) is 0 Å². The van der Waals surface area contributed by atoms with Gasteiger partial charge in [-0.2, -0.15) is 5.10 Å². The molecule has 90 valence electrons. The van der Waals surface area contributed by atoms with Gasteiger partial charge in [0.1, 0.15) is 0 Å². The summed E-state index contributed by atoms with van der Waals surface area (Å²) < 4.78 is 0. The van der Waals surface area contributed by atoms with Crippen molar-refractivity contribution in [2.75, 3.05) is 0 Å². The molecule has 0 aliphatic heterocycles. The Morgan fingerprint density at radius 3 is 2.94 bits per heavy atom. The first-order chi connectivity index (χ1) is 8.83. The number of rotatable bonds is 0. The largest absolute Gasteiger partial charge is 0.352 e. The molecule has 3 aromatic rings. The summed E-state index contributed by atoms with van der Waals surface area (Å²) in [6, 6.07) is 4.17. The fourth-order valence-corrected chi connectivity index (χ4v) is 2.90. The fourth-order valence-electron chi connectivity index (χ4n) is 2.90. The first-order valence-corrected chi connectivity index (χ1v) is 6.34. The summed E-state index contributed by atoms with van der Waals surface area (Å²) in [5, 5.41) is 9.27. The zero-order valence-electron chi connectivity index (χ0n) is 9.92. The van der Waals surface area contributed by atoms with Crippen molar-refractivity contribution in [3.63, 3.8) is 0 Å². The third-order valence-corrected chi connectivity index (χ3v) is 3.82. The summed E-state index contributed by atoms with van der Waals surface area (Å²) in [5.41, 5.74) is 4.08. The molecule has 0 fully saturated rings. The molecule has 0 amide bonds. The van der Waals surface area contributed by atoms with Gasteiger partial charge in [0.05, 0.1) is 17.4 Å². The summed E-state index contributed by atoms with van der Waals surface area (Å²) in [4.78, 5) is 15.4. The summed E-state index contributed by atoms with van der Waals surface area (Å²) >= 11 is 0. The van der Waals surface area contributed by atoms with Gasteiger partial charge in [-0.05, 0) is 37.0 Å². The minimum Gasteiger partial charge on any atom is -0.352 e. The lowest BCUT2D eigenvalue weighted by molar-refractivity contribution is 0.0978. The van der Waals surface area contributed by atoms with Gasteiger partial charge in [-0.3, -0.25) is 9.89 Å². The van der Waals surface area contributed by atoms with E-state index < -0.39 is 0 Å². The standard InChI is InChI=1S/C14H13N3O/c18-13-4-2-1-3-9-10-6-11-8(7-15-17-11)5-12(10)16-14(9)13/h5-7,16H,1-4H2,(H,15,17). The maximum atomic E-state index is 12.1. The van der Waals surface area contributed by atoms with E-state index in [2.05, 4.69) is 27.3 Å². The highest BCUT2D eigenvalue weighted by Crippen LogP contribution is 2.30. The highest BCUT2D eigenvalue weighted by atomic mass is 16.1. The highest BCUT2D eigenvalue weighted by Gasteiger charge is 2.20. The van der Waals surface area contributed by atoms with Crippen LogP contribution in [-0.4, -0.2) is 21.0 Å². The molecule has 0 spiro atoms. The van der Waals surface area contributed by atoms with E-state index in [1.54, 1.807) is 0 Å². The molecule has 0 unspecified atom stereocenters. The number of ketones is 1. The first-order valence-electron chi connectivity index (χ1n) is 6.34. The quantitative estimate of drug-likeness (QED) is 0.592. The Bertz CT molecular complexity index is 766. The Hall–Kier alpha value is -2.10. The predicted octanol–water partition coefficient (Wildman–Crippen LogP) is 2.95. The summed E-state index contributed by atoms with van der Waals surface area (Å²) in [6.45, 7) is 0. The van der Waals surface area contributed by atoms with Crippen molar-refractivity contribution in [3.8, 4) is 0 Å². The monoisotopic (exact) mass is 239 g/mol. The summed E-state index contributed by atoms with van der Waals surface area (Å²) in [7, 11) is 0. The highest BCUT2D eigenvalue weighted by molar-refractivity contribution is 6.05. The van der Waals surface area contributed by atoms with E-state index >= 15 is 0 Å². The van der Waals surface area contributed by atoms with Crippen molar-refractivity contribution in [1.82, 2.24) is 15.2 Å². The van der Waals surface area contributed by atoms with Crippen molar-refractivity contribution in [2.45, 2.75) is 25.7 Å². The maximum absolute atomic E-state index is 12.1. The van der Waals surface area contributed by atoms with Gasteiger partial charge < -0.3 is 4.98 Å². The Balaban J connectivity index is 2.08. The smallest absolute Gasteiger partial charge is 0.179 e. The van der Waals surface area contributed by atoms with Crippen molar-refractivity contribution in [1.29, 1.82) is 0 Å². The molecule has 1 aliphatic rings. The Labute approximate surface area is 103 Å². The molecule has 4 nitrogen and oxygen atoms in total. The molecule has 4 heteroatoms. The topological polar surface area (TPSA) is 61.5 Å². The molecule has 1 aliphatic carbocycles. The van der Waals surface area contributed by atoms with Crippen LogP contribution in [-0.2, 0) is 6.42 Å². The van der Waals surface area contributed by atoms with Crippen LogP contribution >= 0.6 is 0 Å². The lowest BCUT2D eigenvalue weighted by atomic mass is 10.1. The average molecular weight is 239 g/mol. The van der Waals surface area contributed by atoms with Crippen LogP contribution in [0.2, 0.25) is 0 Å². The average Bonchev–Trinajstić information content (AvgIpc) is 2.91. The number of hydrogen-bond donors (Lipinski definition) is 2. The SMILES string of the molecule is O=C1CCCCc2c1[nH]c1cc3cn[nH]c3cc21. The maximum Gasteiger partial charge on any atom is 0.179 e.